The normalized spacial score (nSPS) is 49.0. The molecule has 0 aromatic carbocycles. The zero-order valence-corrected chi connectivity index (χ0v) is 17.4. The van der Waals surface area contributed by atoms with Crippen LogP contribution in [0.25, 0.3) is 0 Å². The summed E-state index contributed by atoms with van der Waals surface area (Å²) in [6, 6.07) is 0.174. The number of fused-ring (bicyclic) bond motifs is 5. The number of amides is 2. The Morgan fingerprint density at radius 1 is 1.04 bits per heavy atom. The summed E-state index contributed by atoms with van der Waals surface area (Å²) in [5, 5.41) is 16.6. The van der Waals surface area contributed by atoms with E-state index in [1.165, 1.54) is 0 Å². The number of nitrogens with one attached hydrogen (secondary N) is 2. The fourth-order valence-corrected chi connectivity index (χ4v) is 7.10. The van der Waals surface area contributed by atoms with Gasteiger partial charge in [-0.2, -0.15) is 0 Å². The van der Waals surface area contributed by atoms with E-state index in [9.17, 15) is 14.7 Å². The van der Waals surface area contributed by atoms with Gasteiger partial charge in [0.1, 0.15) is 0 Å². The number of aliphatic hydroxyl groups is 1. The molecule has 5 heteroatoms. The van der Waals surface area contributed by atoms with Crippen LogP contribution in [0.5, 0.6) is 0 Å². The van der Waals surface area contributed by atoms with Crippen LogP contribution < -0.4 is 10.6 Å². The van der Waals surface area contributed by atoms with Crippen LogP contribution >= 0.6 is 0 Å². The molecule has 4 aliphatic rings. The Morgan fingerprint density at radius 2 is 1.75 bits per heavy atom. The maximum Gasteiger partial charge on any atom is 0.217 e. The van der Waals surface area contributed by atoms with Gasteiger partial charge in [0.05, 0.1) is 12.1 Å². The molecule has 154 valence electrons. The highest BCUT2D eigenvalue weighted by atomic mass is 16.3. The molecule has 0 saturated heterocycles. The van der Waals surface area contributed by atoms with Crippen molar-refractivity contribution in [1.29, 1.82) is 0 Å². The summed E-state index contributed by atoms with van der Waals surface area (Å²) in [5.41, 5.74) is 0.0464. The summed E-state index contributed by atoms with van der Waals surface area (Å²) in [7, 11) is 0. The van der Waals surface area contributed by atoms with Crippen LogP contribution in [-0.4, -0.2) is 35.1 Å². The van der Waals surface area contributed by atoms with E-state index in [4.69, 9.17) is 0 Å². The lowest BCUT2D eigenvalue weighted by Crippen LogP contribution is -2.62. The van der Waals surface area contributed by atoms with Gasteiger partial charge in [-0.3, -0.25) is 9.59 Å². The van der Waals surface area contributed by atoms with E-state index in [1.54, 1.807) is 13.8 Å². The number of carbonyl (C=O) groups is 2. The van der Waals surface area contributed by atoms with E-state index in [0.717, 1.165) is 25.7 Å². The molecule has 0 spiro atoms. The Kier molecular flexibility index (Phi) is 4.72. The third kappa shape index (κ3) is 2.94. The van der Waals surface area contributed by atoms with Gasteiger partial charge in [-0.15, -0.1) is 0 Å². The Bertz CT molecular complexity index is 731. The topological polar surface area (TPSA) is 78.4 Å². The molecule has 4 rings (SSSR count). The number of carbonyl (C=O) groups excluding carboxylic acids is 2. The second kappa shape index (κ2) is 6.72. The molecule has 9 atom stereocenters. The van der Waals surface area contributed by atoms with Crippen molar-refractivity contribution in [2.24, 2.45) is 34.5 Å². The average Bonchev–Trinajstić information content (AvgIpc) is 2.92. The first-order valence-electron chi connectivity index (χ1n) is 10.7. The van der Waals surface area contributed by atoms with E-state index in [0.29, 0.717) is 23.7 Å². The number of allylic oxidation sites excluding steroid dienone is 2. The first-order valence-corrected chi connectivity index (χ1v) is 10.7. The number of aliphatic hydroxyl groups excluding tert-OH is 1. The summed E-state index contributed by atoms with van der Waals surface area (Å²) in [6.45, 7) is 7.84. The molecule has 0 radical (unpaired) electrons. The van der Waals surface area contributed by atoms with Crippen molar-refractivity contribution < 1.29 is 14.7 Å². The molecule has 0 heterocycles. The minimum Gasteiger partial charge on any atom is -0.389 e. The molecular weight excluding hydrogens is 352 g/mol. The molecule has 2 unspecified atom stereocenters. The Morgan fingerprint density at radius 3 is 2.43 bits per heavy atom. The van der Waals surface area contributed by atoms with Crippen LogP contribution in [-0.2, 0) is 9.59 Å². The van der Waals surface area contributed by atoms with Gasteiger partial charge in [-0.1, -0.05) is 38.2 Å². The SMILES string of the molecule is CC(=O)N[C@H]1CC2CC(O)C=C[C@]2(C)[C@H]2CC[C@]3(C)[C@@H](NC(C)=O)C=C[C@H]3[C@H]12. The third-order valence-electron chi connectivity index (χ3n) is 8.49. The van der Waals surface area contributed by atoms with Gasteiger partial charge >= 0.3 is 0 Å². The first-order chi connectivity index (χ1) is 13.1. The molecule has 0 aromatic heterocycles. The van der Waals surface area contributed by atoms with Crippen molar-refractivity contribution in [2.75, 3.05) is 0 Å². The van der Waals surface area contributed by atoms with E-state index in [-0.39, 0.29) is 40.8 Å². The summed E-state index contributed by atoms with van der Waals surface area (Å²) in [6.07, 6.45) is 12.2. The Balaban J connectivity index is 1.71. The molecular formula is C23H34N2O3. The number of hydrogen-bond acceptors (Lipinski definition) is 3. The lowest BCUT2D eigenvalue weighted by molar-refractivity contribution is -0.127. The molecule has 2 fully saturated rings. The van der Waals surface area contributed by atoms with E-state index >= 15 is 0 Å². The van der Waals surface area contributed by atoms with Gasteiger partial charge < -0.3 is 15.7 Å². The van der Waals surface area contributed by atoms with E-state index in [2.05, 4.69) is 42.7 Å². The van der Waals surface area contributed by atoms with Crippen LogP contribution in [0.2, 0.25) is 0 Å². The van der Waals surface area contributed by atoms with Gasteiger partial charge in [0.2, 0.25) is 11.8 Å². The van der Waals surface area contributed by atoms with Gasteiger partial charge in [-0.05, 0) is 60.2 Å². The van der Waals surface area contributed by atoms with Crippen LogP contribution in [0.4, 0.5) is 0 Å². The molecule has 28 heavy (non-hydrogen) atoms. The lowest BCUT2D eigenvalue weighted by Gasteiger charge is -2.61. The van der Waals surface area contributed by atoms with Crippen LogP contribution in [0.1, 0.15) is 53.4 Å². The molecule has 2 saturated carbocycles. The minimum absolute atomic E-state index is 0.00928. The van der Waals surface area contributed by atoms with E-state index in [1.807, 2.05) is 6.08 Å². The maximum atomic E-state index is 12.0. The van der Waals surface area contributed by atoms with Crippen LogP contribution in [0.3, 0.4) is 0 Å². The van der Waals surface area contributed by atoms with E-state index < -0.39 is 0 Å². The van der Waals surface area contributed by atoms with Gasteiger partial charge in [-0.25, -0.2) is 0 Å². The molecule has 5 nitrogen and oxygen atoms in total. The molecule has 3 N–H and O–H groups in total. The highest BCUT2D eigenvalue weighted by molar-refractivity contribution is 5.74. The highest BCUT2D eigenvalue weighted by Crippen LogP contribution is 2.63. The summed E-state index contributed by atoms with van der Waals surface area (Å²) in [5.74, 6) is 1.55. The van der Waals surface area contributed by atoms with Crippen LogP contribution in [0.15, 0.2) is 24.3 Å². The zero-order valence-electron chi connectivity index (χ0n) is 17.4. The molecule has 0 bridgehead atoms. The summed E-state index contributed by atoms with van der Waals surface area (Å²) >= 11 is 0. The van der Waals surface area contributed by atoms with Crippen molar-refractivity contribution in [3.63, 3.8) is 0 Å². The molecule has 0 aliphatic heterocycles. The second-order valence-electron chi connectivity index (χ2n) is 10.1. The van der Waals surface area contributed by atoms with Gasteiger partial charge in [0.15, 0.2) is 0 Å². The predicted molar refractivity (Wildman–Crippen MR) is 108 cm³/mol. The summed E-state index contributed by atoms with van der Waals surface area (Å²) < 4.78 is 0. The number of hydrogen-bond donors (Lipinski definition) is 3. The zero-order chi connectivity index (χ0) is 20.3. The molecule has 2 amide bonds. The van der Waals surface area contributed by atoms with Crippen molar-refractivity contribution in [3.8, 4) is 0 Å². The predicted octanol–water partition coefficient (Wildman–Crippen LogP) is 2.56. The van der Waals surface area contributed by atoms with Gasteiger partial charge in [0.25, 0.3) is 0 Å². The summed E-state index contributed by atoms with van der Waals surface area (Å²) in [4.78, 5) is 23.8. The fourth-order valence-electron chi connectivity index (χ4n) is 7.10. The van der Waals surface area contributed by atoms with Crippen molar-refractivity contribution in [2.45, 2.75) is 71.6 Å². The van der Waals surface area contributed by atoms with Crippen LogP contribution in [0, 0.1) is 34.5 Å². The number of rotatable bonds is 2. The molecule has 0 aromatic rings. The van der Waals surface area contributed by atoms with Crippen molar-refractivity contribution in [3.05, 3.63) is 24.3 Å². The maximum absolute atomic E-state index is 12.0. The van der Waals surface area contributed by atoms with Crippen molar-refractivity contribution in [1.82, 2.24) is 10.6 Å². The Hall–Kier alpha value is -1.62. The fraction of sp³-hybridized carbons (Fsp3) is 0.739. The monoisotopic (exact) mass is 386 g/mol. The second-order valence-corrected chi connectivity index (χ2v) is 10.1. The standard InChI is InChI=1S/C23H34N2O3/c1-13(26)24-19-12-15-11-16(28)7-9-22(15,3)18-8-10-23(4)17(21(18)19)5-6-20(23)25-14(2)27/h5-7,9,15-21,28H,8,10-12H2,1-4H3,(H,24,26)(H,25,27)/t15?,16?,17-,18-,19-,20-,21-,22-,23-/m0/s1. The third-order valence-corrected chi connectivity index (χ3v) is 8.49. The Labute approximate surface area is 168 Å². The highest BCUT2D eigenvalue weighted by Gasteiger charge is 2.61. The first kappa shape index (κ1) is 19.7. The smallest absolute Gasteiger partial charge is 0.217 e. The molecule has 4 aliphatic carbocycles. The van der Waals surface area contributed by atoms with Crippen molar-refractivity contribution >= 4 is 11.8 Å². The van der Waals surface area contributed by atoms with Gasteiger partial charge in [0, 0.05) is 19.9 Å². The quantitative estimate of drug-likeness (QED) is 0.638. The largest absolute Gasteiger partial charge is 0.389 e. The lowest BCUT2D eigenvalue weighted by atomic mass is 9.45. The minimum atomic E-state index is -0.378. The average molecular weight is 387 g/mol.